The lowest BCUT2D eigenvalue weighted by Gasteiger charge is -2.33. The number of carbonyl (C=O) groups is 1. The van der Waals surface area contributed by atoms with Crippen LogP contribution in [0.2, 0.25) is 0 Å². The zero-order valence-corrected chi connectivity index (χ0v) is 13.8. The van der Waals surface area contributed by atoms with Gasteiger partial charge in [-0.1, -0.05) is 0 Å². The number of aryl methyl sites for hydroxylation is 2. The quantitative estimate of drug-likeness (QED) is 0.855. The Hall–Kier alpha value is -1.62. The zero-order chi connectivity index (χ0) is 15.1. The van der Waals surface area contributed by atoms with Gasteiger partial charge in [0.2, 0.25) is 5.91 Å². The van der Waals surface area contributed by atoms with Gasteiger partial charge in [0, 0.05) is 29.7 Å². The molecule has 0 spiro atoms. The van der Waals surface area contributed by atoms with Crippen molar-refractivity contribution in [1.29, 1.82) is 0 Å². The second-order valence-corrected chi connectivity index (χ2v) is 6.76. The average molecular weight is 303 g/mol. The fraction of sp³-hybridized carbons (Fsp3) is 0.500. The second kappa shape index (κ2) is 5.30. The largest absolute Gasteiger partial charge is 0.335 e. The number of hydrogen-bond acceptors (Lipinski definition) is 3. The number of hydrogen-bond donors (Lipinski definition) is 0. The topological polar surface area (TPSA) is 38.1 Å². The minimum absolute atomic E-state index is 0.185. The van der Waals surface area contributed by atoms with Crippen molar-refractivity contribution in [3.8, 4) is 0 Å². The van der Waals surface area contributed by atoms with E-state index in [9.17, 15) is 4.79 Å². The molecule has 0 fully saturated rings. The van der Waals surface area contributed by atoms with Crippen molar-refractivity contribution >= 4 is 17.2 Å². The molecule has 0 aliphatic carbocycles. The molecule has 0 saturated heterocycles. The van der Waals surface area contributed by atoms with Crippen molar-refractivity contribution < 1.29 is 4.79 Å². The van der Waals surface area contributed by atoms with Gasteiger partial charge in [-0.05, 0) is 44.2 Å². The molecule has 0 aromatic carbocycles. The van der Waals surface area contributed by atoms with Crippen LogP contribution in [0, 0.1) is 13.8 Å². The average Bonchev–Trinajstić information content (AvgIpc) is 3.00. The number of amides is 1. The summed E-state index contributed by atoms with van der Waals surface area (Å²) in [6.45, 7) is 6.96. The third kappa shape index (κ3) is 2.39. The number of rotatable bonds is 2. The van der Waals surface area contributed by atoms with E-state index in [0.29, 0.717) is 6.42 Å². The first-order chi connectivity index (χ1) is 9.99. The van der Waals surface area contributed by atoms with Gasteiger partial charge in [0.15, 0.2) is 0 Å². The molecular formula is C16H21N3OS. The highest BCUT2D eigenvalue weighted by Gasteiger charge is 2.29. The van der Waals surface area contributed by atoms with Crippen LogP contribution in [0.3, 0.4) is 0 Å². The molecule has 0 saturated carbocycles. The molecule has 3 heterocycles. The summed E-state index contributed by atoms with van der Waals surface area (Å²) in [5.41, 5.74) is 4.44. The van der Waals surface area contributed by atoms with Crippen molar-refractivity contribution in [3.63, 3.8) is 0 Å². The fourth-order valence-electron chi connectivity index (χ4n) is 3.18. The zero-order valence-electron chi connectivity index (χ0n) is 13.0. The van der Waals surface area contributed by atoms with E-state index in [4.69, 9.17) is 0 Å². The molecule has 21 heavy (non-hydrogen) atoms. The molecule has 1 atom stereocenters. The van der Waals surface area contributed by atoms with E-state index >= 15 is 0 Å². The monoisotopic (exact) mass is 303 g/mol. The van der Waals surface area contributed by atoms with Gasteiger partial charge in [-0.3, -0.25) is 9.48 Å². The maximum absolute atomic E-state index is 12.7. The van der Waals surface area contributed by atoms with E-state index in [1.807, 2.05) is 30.5 Å². The maximum atomic E-state index is 12.7. The Bertz CT molecular complexity index is 686. The van der Waals surface area contributed by atoms with Gasteiger partial charge in [0.05, 0.1) is 18.2 Å². The molecule has 1 aliphatic rings. The first-order valence-corrected chi connectivity index (χ1v) is 8.21. The molecule has 5 heteroatoms. The van der Waals surface area contributed by atoms with Crippen molar-refractivity contribution in [2.45, 2.75) is 39.7 Å². The number of aromatic nitrogens is 2. The summed E-state index contributed by atoms with van der Waals surface area (Å²) in [6.07, 6.45) is 1.43. The molecule has 0 N–H and O–H groups in total. The van der Waals surface area contributed by atoms with Crippen LogP contribution >= 0.6 is 11.3 Å². The van der Waals surface area contributed by atoms with Gasteiger partial charge >= 0.3 is 0 Å². The van der Waals surface area contributed by atoms with E-state index in [1.54, 1.807) is 11.3 Å². The van der Waals surface area contributed by atoms with Crippen LogP contribution in [-0.4, -0.2) is 27.1 Å². The number of fused-ring (bicyclic) bond motifs is 1. The molecule has 0 radical (unpaired) electrons. The summed E-state index contributed by atoms with van der Waals surface area (Å²) < 4.78 is 1.86. The van der Waals surface area contributed by atoms with Crippen molar-refractivity contribution in [2.24, 2.45) is 7.05 Å². The molecule has 1 aliphatic heterocycles. The van der Waals surface area contributed by atoms with E-state index in [2.05, 4.69) is 23.5 Å². The summed E-state index contributed by atoms with van der Waals surface area (Å²) in [7, 11) is 1.93. The molecule has 4 nitrogen and oxygen atoms in total. The Labute approximate surface area is 129 Å². The van der Waals surface area contributed by atoms with E-state index in [1.165, 1.54) is 10.4 Å². The highest BCUT2D eigenvalue weighted by molar-refractivity contribution is 7.10. The predicted molar refractivity (Wildman–Crippen MR) is 84.5 cm³/mol. The third-order valence-electron chi connectivity index (χ3n) is 4.58. The second-order valence-electron chi connectivity index (χ2n) is 5.76. The van der Waals surface area contributed by atoms with Crippen LogP contribution in [0.1, 0.15) is 40.4 Å². The molecule has 2 aromatic heterocycles. The van der Waals surface area contributed by atoms with Gasteiger partial charge in [0.25, 0.3) is 0 Å². The lowest BCUT2D eigenvalue weighted by molar-refractivity contribution is -0.133. The smallest absolute Gasteiger partial charge is 0.227 e. The summed E-state index contributed by atoms with van der Waals surface area (Å²) in [5.74, 6) is 0.207. The molecule has 1 amide bonds. The molecule has 0 bridgehead atoms. The van der Waals surface area contributed by atoms with Gasteiger partial charge in [-0.15, -0.1) is 11.3 Å². The van der Waals surface area contributed by atoms with Crippen molar-refractivity contribution in [2.75, 3.05) is 6.54 Å². The minimum Gasteiger partial charge on any atom is -0.335 e. The SMILES string of the molecule is Cc1nn(C)c(C)c1CC(=O)N1CCc2sccc2[C@H]1C. The summed E-state index contributed by atoms with van der Waals surface area (Å²) in [5, 5.41) is 6.53. The Morgan fingerprint density at radius 1 is 1.48 bits per heavy atom. The van der Waals surface area contributed by atoms with Crippen LogP contribution in [-0.2, 0) is 24.7 Å². The van der Waals surface area contributed by atoms with Gasteiger partial charge in [0.1, 0.15) is 0 Å². The number of carbonyl (C=O) groups excluding carboxylic acids is 1. The van der Waals surface area contributed by atoms with Gasteiger partial charge < -0.3 is 4.90 Å². The van der Waals surface area contributed by atoms with Crippen LogP contribution in [0.25, 0.3) is 0 Å². The maximum Gasteiger partial charge on any atom is 0.227 e. The standard InChI is InChI=1S/C16H21N3OS/c1-10-14(11(2)18(4)17-10)9-16(20)19-7-5-15-13(12(19)3)6-8-21-15/h6,8,12H,5,7,9H2,1-4H3/t12-/m1/s1. The fourth-order valence-corrected chi connectivity index (χ4v) is 4.14. The highest BCUT2D eigenvalue weighted by atomic mass is 32.1. The van der Waals surface area contributed by atoms with E-state index < -0.39 is 0 Å². The first kappa shape index (κ1) is 14.3. The normalized spacial score (nSPS) is 17.9. The molecular weight excluding hydrogens is 282 g/mol. The molecule has 112 valence electrons. The van der Waals surface area contributed by atoms with E-state index in [0.717, 1.165) is 29.9 Å². The van der Waals surface area contributed by atoms with Crippen molar-refractivity contribution in [1.82, 2.24) is 14.7 Å². The van der Waals surface area contributed by atoms with Crippen molar-refractivity contribution in [3.05, 3.63) is 38.8 Å². The van der Waals surface area contributed by atoms with Crippen LogP contribution in [0.4, 0.5) is 0 Å². The Balaban J connectivity index is 1.80. The van der Waals surface area contributed by atoms with Crippen LogP contribution in [0.5, 0.6) is 0 Å². The molecule has 3 rings (SSSR count). The third-order valence-corrected chi connectivity index (χ3v) is 5.58. The van der Waals surface area contributed by atoms with Crippen LogP contribution < -0.4 is 0 Å². The van der Waals surface area contributed by atoms with E-state index in [-0.39, 0.29) is 11.9 Å². The lowest BCUT2D eigenvalue weighted by Crippen LogP contribution is -2.39. The molecule has 2 aromatic rings. The summed E-state index contributed by atoms with van der Waals surface area (Å²) in [4.78, 5) is 16.2. The predicted octanol–water partition coefficient (Wildman–Crippen LogP) is 2.79. The Kier molecular flexibility index (Phi) is 3.61. The first-order valence-electron chi connectivity index (χ1n) is 7.34. The van der Waals surface area contributed by atoms with Gasteiger partial charge in [-0.25, -0.2) is 0 Å². The Morgan fingerprint density at radius 3 is 2.90 bits per heavy atom. The number of thiophene rings is 1. The number of nitrogens with zero attached hydrogens (tertiary/aromatic N) is 3. The van der Waals surface area contributed by atoms with Crippen LogP contribution in [0.15, 0.2) is 11.4 Å². The highest BCUT2D eigenvalue weighted by Crippen LogP contribution is 2.33. The van der Waals surface area contributed by atoms with Gasteiger partial charge in [-0.2, -0.15) is 5.10 Å². The Morgan fingerprint density at radius 2 is 2.24 bits per heavy atom. The lowest BCUT2D eigenvalue weighted by atomic mass is 10.00. The molecule has 0 unspecified atom stereocenters. The minimum atomic E-state index is 0.185. The summed E-state index contributed by atoms with van der Waals surface area (Å²) >= 11 is 1.80. The summed E-state index contributed by atoms with van der Waals surface area (Å²) in [6, 6.07) is 2.34.